The molecule has 128 valence electrons. The van der Waals surface area contributed by atoms with Gasteiger partial charge in [0, 0.05) is 24.6 Å². The highest BCUT2D eigenvalue weighted by Gasteiger charge is 2.31. The lowest BCUT2D eigenvalue weighted by Gasteiger charge is -2.24. The minimum Gasteiger partial charge on any atom is -0.465 e. The van der Waals surface area contributed by atoms with Crippen LogP contribution in [0.4, 0.5) is 0 Å². The summed E-state index contributed by atoms with van der Waals surface area (Å²) >= 11 is 0. The van der Waals surface area contributed by atoms with Gasteiger partial charge in [-0.2, -0.15) is 0 Å². The number of carbonyl (C=O) groups is 1. The van der Waals surface area contributed by atoms with Crippen LogP contribution >= 0.6 is 0 Å². The van der Waals surface area contributed by atoms with Crippen molar-refractivity contribution >= 4 is 5.97 Å². The summed E-state index contributed by atoms with van der Waals surface area (Å²) in [4.78, 5) is 14.0. The molecule has 1 aromatic carbocycles. The van der Waals surface area contributed by atoms with Gasteiger partial charge < -0.3 is 9.26 Å². The topological polar surface area (TPSA) is 55.6 Å². The number of carbonyl (C=O) groups excluding carboxylic acids is 1. The molecule has 5 nitrogen and oxygen atoms in total. The van der Waals surface area contributed by atoms with Crippen molar-refractivity contribution in [2.24, 2.45) is 0 Å². The van der Waals surface area contributed by atoms with Crippen molar-refractivity contribution < 1.29 is 14.1 Å². The van der Waals surface area contributed by atoms with E-state index in [1.165, 1.54) is 24.7 Å². The highest BCUT2D eigenvalue weighted by Crippen LogP contribution is 2.36. The standard InChI is InChI=1S/C19H24N2O3/c1-4-17-18(13(2)20-24-17)16-6-5-11-21(16)12-14-7-9-15(10-8-14)19(22)23-3/h7-10,16H,4-6,11-12H2,1-3H3/t16-/m1/s1. The maximum absolute atomic E-state index is 11.5. The number of hydrogen-bond donors (Lipinski definition) is 0. The van der Waals surface area contributed by atoms with E-state index in [-0.39, 0.29) is 5.97 Å². The van der Waals surface area contributed by atoms with Crippen LogP contribution in [-0.4, -0.2) is 29.7 Å². The van der Waals surface area contributed by atoms with Crippen LogP contribution in [0, 0.1) is 6.92 Å². The minimum absolute atomic E-state index is 0.298. The Hall–Kier alpha value is -2.14. The van der Waals surface area contributed by atoms with Gasteiger partial charge >= 0.3 is 5.97 Å². The zero-order chi connectivity index (χ0) is 17.1. The van der Waals surface area contributed by atoms with Crippen LogP contribution in [0.2, 0.25) is 0 Å². The maximum atomic E-state index is 11.5. The molecule has 0 aliphatic carbocycles. The average Bonchev–Trinajstić information content (AvgIpc) is 3.20. The van der Waals surface area contributed by atoms with Crippen LogP contribution in [0.15, 0.2) is 28.8 Å². The van der Waals surface area contributed by atoms with Crippen molar-refractivity contribution in [1.29, 1.82) is 0 Å². The minimum atomic E-state index is -0.298. The molecule has 0 saturated carbocycles. The van der Waals surface area contributed by atoms with Crippen LogP contribution < -0.4 is 0 Å². The number of likely N-dealkylation sites (tertiary alicyclic amines) is 1. The van der Waals surface area contributed by atoms with E-state index in [1.54, 1.807) is 0 Å². The Kier molecular flexibility index (Phi) is 5.00. The fourth-order valence-electron chi connectivity index (χ4n) is 3.55. The number of ether oxygens (including phenoxy) is 1. The first-order chi connectivity index (χ1) is 11.6. The van der Waals surface area contributed by atoms with E-state index in [9.17, 15) is 4.79 Å². The van der Waals surface area contributed by atoms with Crippen LogP contribution in [-0.2, 0) is 17.7 Å². The summed E-state index contributed by atoms with van der Waals surface area (Å²) < 4.78 is 10.2. The molecule has 0 N–H and O–H groups in total. The molecule has 0 amide bonds. The number of aromatic nitrogens is 1. The van der Waals surface area contributed by atoms with Gasteiger partial charge in [-0.25, -0.2) is 4.79 Å². The van der Waals surface area contributed by atoms with E-state index in [2.05, 4.69) is 17.0 Å². The van der Waals surface area contributed by atoms with Crippen molar-refractivity contribution in [1.82, 2.24) is 10.1 Å². The molecule has 0 unspecified atom stereocenters. The molecule has 2 heterocycles. The molecule has 1 aromatic heterocycles. The molecule has 1 fully saturated rings. The number of nitrogens with zero attached hydrogens (tertiary/aromatic N) is 2. The number of methoxy groups -OCH3 is 1. The third-order valence-corrected chi connectivity index (χ3v) is 4.76. The maximum Gasteiger partial charge on any atom is 0.337 e. The summed E-state index contributed by atoms with van der Waals surface area (Å²) in [5.74, 6) is 0.707. The molecule has 2 aromatic rings. The summed E-state index contributed by atoms with van der Waals surface area (Å²) in [6, 6.07) is 8.03. The predicted octanol–water partition coefficient (Wildman–Crippen LogP) is 3.67. The highest BCUT2D eigenvalue weighted by atomic mass is 16.5. The third kappa shape index (κ3) is 3.22. The van der Waals surface area contributed by atoms with E-state index in [4.69, 9.17) is 9.26 Å². The summed E-state index contributed by atoms with van der Waals surface area (Å²) in [5.41, 5.74) is 4.05. The van der Waals surface area contributed by atoms with E-state index in [1.807, 2.05) is 31.2 Å². The second-order valence-corrected chi connectivity index (χ2v) is 6.28. The van der Waals surface area contributed by atoms with Gasteiger partial charge in [-0.15, -0.1) is 0 Å². The fourth-order valence-corrected chi connectivity index (χ4v) is 3.55. The third-order valence-electron chi connectivity index (χ3n) is 4.76. The predicted molar refractivity (Wildman–Crippen MR) is 90.8 cm³/mol. The van der Waals surface area contributed by atoms with E-state index >= 15 is 0 Å². The Morgan fingerprint density at radius 2 is 2.12 bits per heavy atom. The SMILES string of the molecule is CCc1onc(C)c1[C@H]1CCCN1Cc1ccc(C(=O)OC)cc1. The van der Waals surface area contributed by atoms with Gasteiger partial charge in [0.15, 0.2) is 0 Å². The van der Waals surface area contributed by atoms with E-state index in [0.717, 1.165) is 37.4 Å². The first kappa shape index (κ1) is 16.7. The molecule has 24 heavy (non-hydrogen) atoms. The Labute approximate surface area is 142 Å². The van der Waals surface area contributed by atoms with Crippen molar-refractivity contribution in [3.8, 4) is 0 Å². The molecular formula is C19H24N2O3. The number of hydrogen-bond acceptors (Lipinski definition) is 5. The number of aryl methyl sites for hydroxylation is 2. The smallest absolute Gasteiger partial charge is 0.337 e. The number of benzene rings is 1. The summed E-state index contributed by atoms with van der Waals surface area (Å²) in [7, 11) is 1.40. The van der Waals surface area contributed by atoms with Crippen molar-refractivity contribution in [3.05, 3.63) is 52.4 Å². The molecule has 3 rings (SSSR count). The molecule has 5 heteroatoms. The highest BCUT2D eigenvalue weighted by molar-refractivity contribution is 5.89. The molecule has 0 bridgehead atoms. The van der Waals surface area contributed by atoms with Crippen molar-refractivity contribution in [2.75, 3.05) is 13.7 Å². The molecule has 1 aliphatic heterocycles. The van der Waals surface area contributed by atoms with E-state index < -0.39 is 0 Å². The number of rotatable bonds is 5. The lowest BCUT2D eigenvalue weighted by atomic mass is 10.0. The van der Waals surface area contributed by atoms with Crippen LogP contribution in [0.1, 0.15) is 58.7 Å². The first-order valence-corrected chi connectivity index (χ1v) is 8.50. The Bertz CT molecular complexity index is 706. The summed E-state index contributed by atoms with van der Waals surface area (Å²) in [6.45, 7) is 6.06. The lowest BCUT2D eigenvalue weighted by molar-refractivity contribution is 0.0600. The van der Waals surface area contributed by atoms with Gasteiger partial charge in [0.1, 0.15) is 5.76 Å². The van der Waals surface area contributed by atoms with Gasteiger partial charge in [-0.1, -0.05) is 24.2 Å². The molecule has 0 spiro atoms. The largest absolute Gasteiger partial charge is 0.465 e. The second-order valence-electron chi connectivity index (χ2n) is 6.28. The van der Waals surface area contributed by atoms with Gasteiger partial charge in [0.2, 0.25) is 0 Å². The molecule has 1 saturated heterocycles. The molecule has 1 aliphatic rings. The normalized spacial score (nSPS) is 18.0. The van der Waals surface area contributed by atoms with Crippen molar-refractivity contribution in [2.45, 2.75) is 45.7 Å². The van der Waals surface area contributed by atoms with Crippen LogP contribution in [0.25, 0.3) is 0 Å². The summed E-state index contributed by atoms with van der Waals surface area (Å²) in [5, 5.41) is 4.16. The first-order valence-electron chi connectivity index (χ1n) is 8.50. The van der Waals surface area contributed by atoms with Crippen molar-refractivity contribution in [3.63, 3.8) is 0 Å². The second kappa shape index (κ2) is 7.18. The van der Waals surface area contributed by atoms with Gasteiger partial charge in [0.05, 0.1) is 18.4 Å². The Balaban J connectivity index is 1.77. The Morgan fingerprint density at radius 1 is 1.38 bits per heavy atom. The van der Waals surface area contributed by atoms with Gasteiger partial charge in [-0.05, 0) is 44.0 Å². The monoisotopic (exact) mass is 328 g/mol. The lowest BCUT2D eigenvalue weighted by Crippen LogP contribution is -2.23. The van der Waals surface area contributed by atoms with Gasteiger partial charge in [0.25, 0.3) is 0 Å². The Morgan fingerprint density at radius 3 is 2.79 bits per heavy atom. The average molecular weight is 328 g/mol. The van der Waals surface area contributed by atoms with E-state index in [0.29, 0.717) is 11.6 Å². The quantitative estimate of drug-likeness (QED) is 0.784. The summed E-state index contributed by atoms with van der Waals surface area (Å²) in [6.07, 6.45) is 3.18. The van der Waals surface area contributed by atoms with Crippen LogP contribution in [0.5, 0.6) is 0 Å². The molecular weight excluding hydrogens is 304 g/mol. The fraction of sp³-hybridized carbons (Fsp3) is 0.474. The van der Waals surface area contributed by atoms with Crippen LogP contribution in [0.3, 0.4) is 0 Å². The molecule has 1 atom stereocenters. The molecule has 0 radical (unpaired) electrons. The zero-order valence-electron chi connectivity index (χ0n) is 14.5. The van der Waals surface area contributed by atoms with Gasteiger partial charge in [-0.3, -0.25) is 4.90 Å². The number of esters is 1. The zero-order valence-corrected chi connectivity index (χ0v) is 14.5.